The first-order valence-electron chi connectivity index (χ1n) is 4.75. The molecule has 6 heteroatoms. The largest absolute Gasteiger partial charge is 0.507 e. The summed E-state index contributed by atoms with van der Waals surface area (Å²) in [6.07, 6.45) is -0.307. The smallest absolute Gasteiger partial charge is 0.309 e. The van der Waals surface area contributed by atoms with E-state index in [4.69, 9.17) is 10.2 Å². The van der Waals surface area contributed by atoms with Crippen LogP contribution >= 0.6 is 15.9 Å². The molecule has 3 nitrogen and oxygen atoms in total. The molecule has 0 saturated heterocycles. The molecule has 0 aromatic heterocycles. The minimum atomic E-state index is -1.29. The van der Waals surface area contributed by atoms with Crippen LogP contribution in [0.4, 0.5) is 8.78 Å². The summed E-state index contributed by atoms with van der Waals surface area (Å²) in [5.74, 6) is -3.65. The molecule has 1 aromatic rings. The first-order chi connectivity index (χ1) is 7.66. The third-order valence-corrected chi connectivity index (χ3v) is 3.19. The van der Waals surface area contributed by atoms with Gasteiger partial charge in [-0.05, 0) is 36.2 Å². The summed E-state index contributed by atoms with van der Waals surface area (Å²) in [5.41, 5.74) is -1.65. The number of hydrogen-bond acceptors (Lipinski definition) is 2. The van der Waals surface area contributed by atoms with Crippen molar-refractivity contribution in [3.63, 3.8) is 0 Å². The molecule has 1 rings (SSSR count). The predicted molar refractivity (Wildman–Crippen MR) is 60.8 cm³/mol. The summed E-state index contributed by atoms with van der Waals surface area (Å²) in [6.45, 7) is 2.74. The molecule has 94 valence electrons. The fourth-order valence-corrected chi connectivity index (χ4v) is 1.65. The Morgan fingerprint density at radius 2 is 2.00 bits per heavy atom. The van der Waals surface area contributed by atoms with Crippen molar-refractivity contribution < 1.29 is 23.8 Å². The minimum absolute atomic E-state index is 0.268. The average Bonchev–Trinajstić information content (AvgIpc) is 2.21. The Labute approximate surface area is 105 Å². The molecule has 0 spiro atoms. The molecule has 0 aliphatic rings. The summed E-state index contributed by atoms with van der Waals surface area (Å²) in [4.78, 5) is 10.9. The summed E-state index contributed by atoms with van der Waals surface area (Å²) in [7, 11) is 0. The molecule has 17 heavy (non-hydrogen) atoms. The Bertz CT molecular complexity index is 472. The SMILES string of the molecule is CC(C)(Cc1c(F)cc(O)c(Br)c1F)C(=O)O. The topological polar surface area (TPSA) is 57.5 Å². The molecule has 2 N–H and O–H groups in total. The fraction of sp³-hybridized carbons (Fsp3) is 0.364. The van der Waals surface area contributed by atoms with E-state index in [9.17, 15) is 13.6 Å². The number of phenols is 1. The number of phenolic OH excluding ortho intramolecular Hbond substituents is 1. The van der Waals surface area contributed by atoms with Crippen LogP contribution in [-0.2, 0) is 11.2 Å². The highest BCUT2D eigenvalue weighted by molar-refractivity contribution is 9.10. The number of aromatic hydroxyl groups is 1. The Morgan fingerprint density at radius 1 is 1.47 bits per heavy atom. The lowest BCUT2D eigenvalue weighted by atomic mass is 9.85. The van der Waals surface area contributed by atoms with Crippen molar-refractivity contribution in [2.75, 3.05) is 0 Å². The van der Waals surface area contributed by atoms with Crippen LogP contribution in [0.25, 0.3) is 0 Å². The number of carboxylic acid groups (broad SMARTS) is 1. The van der Waals surface area contributed by atoms with Crippen molar-refractivity contribution in [3.05, 3.63) is 27.7 Å². The maximum atomic E-state index is 13.7. The van der Waals surface area contributed by atoms with Crippen molar-refractivity contribution in [2.24, 2.45) is 5.41 Å². The third kappa shape index (κ3) is 2.74. The Hall–Kier alpha value is -1.17. The molecule has 0 heterocycles. The van der Waals surface area contributed by atoms with E-state index >= 15 is 0 Å². The van der Waals surface area contributed by atoms with Gasteiger partial charge in [-0.15, -0.1) is 0 Å². The summed E-state index contributed by atoms with van der Waals surface area (Å²) < 4.78 is 26.9. The molecule has 0 amide bonds. The number of aliphatic carboxylic acids is 1. The Balaban J connectivity index is 3.25. The van der Waals surface area contributed by atoms with Gasteiger partial charge in [0.1, 0.15) is 17.4 Å². The molecule has 0 saturated carbocycles. The number of benzene rings is 1. The van der Waals surface area contributed by atoms with Crippen molar-refractivity contribution in [1.82, 2.24) is 0 Å². The molecule has 0 fully saturated rings. The van der Waals surface area contributed by atoms with E-state index in [1.54, 1.807) is 0 Å². The van der Waals surface area contributed by atoms with Crippen LogP contribution in [0.5, 0.6) is 5.75 Å². The number of halogens is 3. The van der Waals surface area contributed by atoms with Crippen molar-refractivity contribution in [2.45, 2.75) is 20.3 Å². The van der Waals surface area contributed by atoms with Gasteiger partial charge < -0.3 is 10.2 Å². The number of carbonyl (C=O) groups is 1. The number of rotatable bonds is 3. The van der Waals surface area contributed by atoms with E-state index in [0.717, 1.165) is 6.07 Å². The normalized spacial score (nSPS) is 11.6. The monoisotopic (exact) mass is 308 g/mol. The van der Waals surface area contributed by atoms with Crippen LogP contribution in [0.2, 0.25) is 0 Å². The van der Waals surface area contributed by atoms with E-state index < -0.39 is 28.8 Å². The summed E-state index contributed by atoms with van der Waals surface area (Å²) in [6, 6.07) is 0.750. The average molecular weight is 309 g/mol. The quantitative estimate of drug-likeness (QED) is 0.844. The van der Waals surface area contributed by atoms with Crippen LogP contribution in [0.3, 0.4) is 0 Å². The van der Waals surface area contributed by atoms with E-state index in [1.165, 1.54) is 13.8 Å². The molecular formula is C11H11BrF2O3. The standard InChI is InChI=1S/C11H11BrF2O3/c1-11(2,10(16)17)4-5-6(13)3-7(15)8(12)9(5)14/h3,15H,4H2,1-2H3,(H,16,17). The first-order valence-corrected chi connectivity index (χ1v) is 5.55. The van der Waals surface area contributed by atoms with Crippen LogP contribution < -0.4 is 0 Å². The van der Waals surface area contributed by atoms with Gasteiger partial charge in [-0.3, -0.25) is 4.79 Å². The molecular weight excluding hydrogens is 298 g/mol. The third-order valence-electron chi connectivity index (χ3n) is 2.43. The predicted octanol–water partition coefficient (Wildman–Crippen LogP) is 3.09. The first kappa shape index (κ1) is 13.9. The van der Waals surface area contributed by atoms with Gasteiger partial charge in [0.25, 0.3) is 0 Å². The molecule has 0 unspecified atom stereocenters. The zero-order valence-electron chi connectivity index (χ0n) is 9.22. The van der Waals surface area contributed by atoms with Crippen molar-refractivity contribution >= 4 is 21.9 Å². The highest BCUT2D eigenvalue weighted by Gasteiger charge is 2.31. The highest BCUT2D eigenvalue weighted by atomic mass is 79.9. The fourth-order valence-electron chi connectivity index (χ4n) is 1.30. The van der Waals surface area contributed by atoms with Gasteiger partial charge in [0.2, 0.25) is 0 Å². The Kier molecular flexibility index (Phi) is 3.76. The van der Waals surface area contributed by atoms with Gasteiger partial charge in [0.05, 0.1) is 9.89 Å². The number of hydrogen-bond donors (Lipinski definition) is 2. The summed E-state index contributed by atoms with van der Waals surface area (Å²) >= 11 is 2.77. The lowest BCUT2D eigenvalue weighted by Gasteiger charge is -2.20. The maximum absolute atomic E-state index is 13.7. The summed E-state index contributed by atoms with van der Waals surface area (Å²) in [5, 5.41) is 18.1. The zero-order chi connectivity index (χ0) is 13.4. The van der Waals surface area contributed by atoms with Gasteiger partial charge >= 0.3 is 5.97 Å². The van der Waals surface area contributed by atoms with Gasteiger partial charge in [0, 0.05) is 11.6 Å². The van der Waals surface area contributed by atoms with E-state index in [-0.39, 0.29) is 16.5 Å². The van der Waals surface area contributed by atoms with Crippen LogP contribution in [0.15, 0.2) is 10.5 Å². The lowest BCUT2D eigenvalue weighted by molar-refractivity contribution is -0.146. The van der Waals surface area contributed by atoms with Crippen molar-refractivity contribution in [3.8, 4) is 5.75 Å². The molecule has 0 atom stereocenters. The molecule has 0 aliphatic carbocycles. The van der Waals surface area contributed by atoms with Crippen molar-refractivity contribution in [1.29, 1.82) is 0 Å². The number of carboxylic acids is 1. The Morgan fingerprint density at radius 3 is 2.47 bits per heavy atom. The molecule has 0 aliphatic heterocycles. The molecule has 0 radical (unpaired) electrons. The second-order valence-corrected chi connectivity index (χ2v) is 5.14. The van der Waals surface area contributed by atoms with E-state index in [1.807, 2.05) is 0 Å². The van der Waals surface area contributed by atoms with E-state index in [0.29, 0.717) is 0 Å². The lowest BCUT2D eigenvalue weighted by Crippen LogP contribution is -2.27. The maximum Gasteiger partial charge on any atom is 0.309 e. The van der Waals surface area contributed by atoms with Gasteiger partial charge in [-0.1, -0.05) is 0 Å². The van der Waals surface area contributed by atoms with Gasteiger partial charge in [0.15, 0.2) is 0 Å². The van der Waals surface area contributed by atoms with E-state index in [2.05, 4.69) is 15.9 Å². The second kappa shape index (κ2) is 4.60. The van der Waals surface area contributed by atoms with Crippen LogP contribution in [0, 0.1) is 17.0 Å². The molecule has 0 bridgehead atoms. The minimum Gasteiger partial charge on any atom is -0.507 e. The van der Waals surface area contributed by atoms with Gasteiger partial charge in [-0.25, -0.2) is 8.78 Å². The van der Waals surface area contributed by atoms with Crippen LogP contribution in [-0.4, -0.2) is 16.2 Å². The second-order valence-electron chi connectivity index (χ2n) is 4.35. The highest BCUT2D eigenvalue weighted by Crippen LogP contribution is 2.34. The van der Waals surface area contributed by atoms with Gasteiger partial charge in [-0.2, -0.15) is 0 Å². The molecule has 1 aromatic carbocycles. The zero-order valence-corrected chi connectivity index (χ0v) is 10.8. The van der Waals surface area contributed by atoms with Crippen LogP contribution in [0.1, 0.15) is 19.4 Å².